The van der Waals surface area contributed by atoms with E-state index in [1.807, 2.05) is 13.8 Å². The Balaban J connectivity index is 0.000000956. The summed E-state index contributed by atoms with van der Waals surface area (Å²) in [6.07, 6.45) is 14.5. The lowest BCUT2D eigenvalue weighted by Gasteiger charge is -2.24. The first-order chi connectivity index (χ1) is 9.66. The predicted molar refractivity (Wildman–Crippen MR) is 92.0 cm³/mol. The van der Waals surface area contributed by atoms with Gasteiger partial charge in [0.15, 0.2) is 0 Å². The van der Waals surface area contributed by atoms with Crippen LogP contribution < -0.4 is 0 Å². The number of allylic oxidation sites excluding steroid dienone is 1. The number of hydrogen-bond acceptors (Lipinski definition) is 0. The molecule has 0 saturated heterocycles. The molecule has 0 heterocycles. The van der Waals surface area contributed by atoms with Crippen LogP contribution in [0.2, 0.25) is 0 Å². The highest BCUT2D eigenvalue weighted by Crippen LogP contribution is 2.38. The van der Waals surface area contributed by atoms with E-state index in [2.05, 4.69) is 20.4 Å². The largest absolute Gasteiger partial charge is 0.0993 e. The topological polar surface area (TPSA) is 0 Å². The molecule has 0 radical (unpaired) electrons. The van der Waals surface area contributed by atoms with Crippen LogP contribution in [0.25, 0.3) is 0 Å². The number of hydrogen-bond donors (Lipinski definition) is 0. The molecule has 3 unspecified atom stereocenters. The molecule has 2 saturated carbocycles. The second-order valence-corrected chi connectivity index (χ2v) is 7.17. The second kappa shape index (κ2) is 9.64. The maximum atomic E-state index is 4.44. The Hall–Kier alpha value is -0.260. The zero-order valence-electron chi connectivity index (χ0n) is 14.6. The molecule has 2 aliphatic rings. The van der Waals surface area contributed by atoms with Gasteiger partial charge >= 0.3 is 0 Å². The van der Waals surface area contributed by atoms with Gasteiger partial charge in [0.2, 0.25) is 0 Å². The average Bonchev–Trinajstić information content (AvgIpc) is 2.92. The van der Waals surface area contributed by atoms with Crippen molar-refractivity contribution in [1.29, 1.82) is 0 Å². The van der Waals surface area contributed by atoms with Gasteiger partial charge < -0.3 is 0 Å². The molecule has 0 aromatic rings. The summed E-state index contributed by atoms with van der Waals surface area (Å²) in [5, 5.41) is 0. The highest BCUT2D eigenvalue weighted by molar-refractivity contribution is 5.06. The number of rotatable bonds is 4. The van der Waals surface area contributed by atoms with E-state index in [9.17, 15) is 0 Å². The Morgan fingerprint density at radius 3 is 2.25 bits per heavy atom. The van der Waals surface area contributed by atoms with Crippen LogP contribution in [0.4, 0.5) is 0 Å². The van der Waals surface area contributed by atoms with Gasteiger partial charge in [-0.2, -0.15) is 0 Å². The molecule has 3 atom stereocenters. The van der Waals surface area contributed by atoms with Crippen LogP contribution in [-0.4, -0.2) is 0 Å². The summed E-state index contributed by atoms with van der Waals surface area (Å²) in [6.45, 7) is 13.3. The lowest BCUT2D eigenvalue weighted by atomic mass is 9.81. The van der Waals surface area contributed by atoms with Crippen LogP contribution >= 0.6 is 0 Å². The monoisotopic (exact) mass is 278 g/mol. The fourth-order valence-corrected chi connectivity index (χ4v) is 4.15. The second-order valence-electron chi connectivity index (χ2n) is 7.17. The minimum absolute atomic E-state index is 0.770. The van der Waals surface area contributed by atoms with E-state index >= 15 is 0 Å². The maximum Gasteiger partial charge on any atom is -0.0203 e. The molecule has 0 spiro atoms. The Morgan fingerprint density at radius 1 is 0.950 bits per heavy atom. The van der Waals surface area contributed by atoms with Gasteiger partial charge in [0.1, 0.15) is 0 Å². The Morgan fingerprint density at radius 2 is 1.60 bits per heavy atom. The van der Waals surface area contributed by atoms with Gasteiger partial charge in [-0.05, 0) is 42.9 Å². The first kappa shape index (κ1) is 17.8. The third-order valence-electron chi connectivity index (χ3n) is 5.58. The van der Waals surface area contributed by atoms with E-state index in [4.69, 9.17) is 0 Å². The third-order valence-corrected chi connectivity index (χ3v) is 5.58. The normalized spacial score (nSPS) is 29.2. The average molecular weight is 279 g/mol. The predicted octanol–water partition coefficient (Wildman–Crippen LogP) is 7.00. The molecule has 118 valence electrons. The zero-order chi connectivity index (χ0) is 15.0. The molecule has 0 aromatic carbocycles. The molecule has 0 heteroatoms. The van der Waals surface area contributed by atoms with E-state index in [1.165, 1.54) is 64.2 Å². The van der Waals surface area contributed by atoms with Crippen molar-refractivity contribution in [3.05, 3.63) is 12.2 Å². The van der Waals surface area contributed by atoms with Gasteiger partial charge in [-0.3, -0.25) is 0 Å². The third kappa shape index (κ3) is 5.62. The fraction of sp³-hybridized carbons (Fsp3) is 0.900. The maximum absolute atomic E-state index is 4.44. The lowest BCUT2D eigenvalue weighted by Crippen LogP contribution is -2.12. The summed E-state index contributed by atoms with van der Waals surface area (Å²) in [5.41, 5.74) is 1.59. The van der Waals surface area contributed by atoms with Gasteiger partial charge in [-0.25, -0.2) is 0 Å². The Kier molecular flexibility index (Phi) is 8.57. The highest BCUT2D eigenvalue weighted by Gasteiger charge is 2.24. The molecular weight excluding hydrogens is 240 g/mol. The van der Waals surface area contributed by atoms with E-state index < -0.39 is 0 Å². The van der Waals surface area contributed by atoms with E-state index in [0.717, 1.165) is 23.7 Å². The molecule has 0 bridgehead atoms. The quantitative estimate of drug-likeness (QED) is 0.383. The van der Waals surface area contributed by atoms with Gasteiger partial charge in [0.05, 0.1) is 0 Å². The minimum Gasteiger partial charge on any atom is -0.0993 e. The van der Waals surface area contributed by atoms with Crippen LogP contribution in [-0.2, 0) is 0 Å². The van der Waals surface area contributed by atoms with Crippen molar-refractivity contribution in [2.45, 2.75) is 91.9 Å². The van der Waals surface area contributed by atoms with Crippen LogP contribution in [0, 0.1) is 23.7 Å². The smallest absolute Gasteiger partial charge is 0.0203 e. The van der Waals surface area contributed by atoms with Crippen molar-refractivity contribution in [2.75, 3.05) is 0 Å². The Bertz CT molecular complexity index is 259. The van der Waals surface area contributed by atoms with Crippen molar-refractivity contribution in [2.24, 2.45) is 23.7 Å². The Labute approximate surface area is 128 Å². The van der Waals surface area contributed by atoms with E-state index in [1.54, 1.807) is 5.57 Å². The molecule has 0 aliphatic heterocycles. The molecule has 0 N–H and O–H groups in total. The van der Waals surface area contributed by atoms with E-state index in [0.29, 0.717) is 0 Å². The van der Waals surface area contributed by atoms with Crippen LogP contribution in [0.3, 0.4) is 0 Å². The summed E-state index contributed by atoms with van der Waals surface area (Å²) in [6, 6.07) is 0. The zero-order valence-corrected chi connectivity index (χ0v) is 14.6. The molecule has 0 amide bonds. The van der Waals surface area contributed by atoms with Crippen molar-refractivity contribution in [3.8, 4) is 0 Å². The summed E-state index contributed by atoms with van der Waals surface area (Å²) < 4.78 is 0. The van der Waals surface area contributed by atoms with Crippen molar-refractivity contribution in [3.63, 3.8) is 0 Å². The standard InChI is InChI=1S/C18H32.C2H6/c1-14-7-6-8-17(12-11-14)13-15(2)16(3)18-9-4-5-10-18;1-2/h14-15,17-18H,3-13H2,1-2H3;1-2H3. The molecule has 0 nitrogen and oxygen atoms in total. The molecule has 2 aliphatic carbocycles. The van der Waals surface area contributed by atoms with Gasteiger partial charge in [-0.15, -0.1) is 0 Å². The summed E-state index contributed by atoms with van der Waals surface area (Å²) >= 11 is 0. The van der Waals surface area contributed by atoms with E-state index in [-0.39, 0.29) is 0 Å². The molecule has 0 aromatic heterocycles. The molecule has 20 heavy (non-hydrogen) atoms. The first-order valence-electron chi connectivity index (χ1n) is 9.35. The summed E-state index contributed by atoms with van der Waals surface area (Å²) in [7, 11) is 0. The van der Waals surface area contributed by atoms with Crippen molar-refractivity contribution < 1.29 is 0 Å². The molecule has 2 fully saturated rings. The lowest BCUT2D eigenvalue weighted by molar-refractivity contribution is 0.359. The fourth-order valence-electron chi connectivity index (χ4n) is 4.15. The van der Waals surface area contributed by atoms with Crippen molar-refractivity contribution in [1.82, 2.24) is 0 Å². The van der Waals surface area contributed by atoms with Crippen LogP contribution in [0.15, 0.2) is 12.2 Å². The van der Waals surface area contributed by atoms with Gasteiger partial charge in [0, 0.05) is 0 Å². The van der Waals surface area contributed by atoms with Crippen LogP contribution in [0.1, 0.15) is 91.9 Å². The highest BCUT2D eigenvalue weighted by atomic mass is 14.3. The van der Waals surface area contributed by atoms with Crippen LogP contribution in [0.5, 0.6) is 0 Å². The summed E-state index contributed by atoms with van der Waals surface area (Å²) in [5.74, 6) is 3.60. The van der Waals surface area contributed by atoms with Crippen molar-refractivity contribution >= 4 is 0 Å². The molecule has 2 rings (SSSR count). The summed E-state index contributed by atoms with van der Waals surface area (Å²) in [4.78, 5) is 0. The first-order valence-corrected chi connectivity index (χ1v) is 9.35. The molecular formula is C20H38. The van der Waals surface area contributed by atoms with Gasteiger partial charge in [0.25, 0.3) is 0 Å². The van der Waals surface area contributed by atoms with Gasteiger partial charge in [-0.1, -0.05) is 84.8 Å². The SMILES string of the molecule is C=C(C(C)CC1CCCC(C)CC1)C1CCCC1.CC. The minimum atomic E-state index is 0.770.